The van der Waals surface area contributed by atoms with Gasteiger partial charge in [0.1, 0.15) is 22.5 Å². The van der Waals surface area contributed by atoms with Crippen LogP contribution in [-0.4, -0.2) is 0 Å². The number of para-hydroxylation sites is 2. The summed E-state index contributed by atoms with van der Waals surface area (Å²) in [6.45, 7) is 0. The molecule has 0 aliphatic carbocycles. The number of fused-ring (bicyclic) bond motifs is 7. The maximum absolute atomic E-state index is 6.72. The number of hydrogen-bond donors (Lipinski definition) is 0. The van der Waals surface area contributed by atoms with E-state index in [1.54, 1.807) is 0 Å². The summed E-state index contributed by atoms with van der Waals surface area (Å²) < 4.78 is 12.9. The van der Waals surface area contributed by atoms with Gasteiger partial charge in [0.05, 0.1) is 5.69 Å². The van der Waals surface area contributed by atoms with E-state index >= 15 is 0 Å². The predicted molar refractivity (Wildman–Crippen MR) is 229 cm³/mol. The van der Waals surface area contributed by atoms with Gasteiger partial charge >= 0.3 is 0 Å². The minimum Gasteiger partial charge on any atom is -0.456 e. The summed E-state index contributed by atoms with van der Waals surface area (Å²) in [5, 5.41) is 7.87. The van der Waals surface area contributed by atoms with Crippen molar-refractivity contribution < 1.29 is 8.83 Å². The molecule has 3 heteroatoms. The topological polar surface area (TPSA) is 29.5 Å². The molecule has 258 valence electrons. The highest BCUT2D eigenvalue weighted by Crippen LogP contribution is 2.46. The smallest absolute Gasteiger partial charge is 0.143 e. The number of furan rings is 2. The van der Waals surface area contributed by atoms with Crippen LogP contribution in [0.3, 0.4) is 0 Å². The highest BCUT2D eigenvalue weighted by atomic mass is 16.3. The summed E-state index contributed by atoms with van der Waals surface area (Å²) in [4.78, 5) is 2.37. The quantitative estimate of drug-likeness (QED) is 0.173. The Morgan fingerprint density at radius 3 is 1.73 bits per heavy atom. The van der Waals surface area contributed by atoms with Crippen LogP contribution in [0.2, 0.25) is 0 Å². The third-order valence-corrected chi connectivity index (χ3v) is 10.9. The Bertz CT molecular complexity index is 3160. The van der Waals surface area contributed by atoms with Crippen LogP contribution in [0, 0.1) is 0 Å². The summed E-state index contributed by atoms with van der Waals surface area (Å²) in [6, 6.07) is 71.0. The van der Waals surface area contributed by atoms with Crippen molar-refractivity contribution in [1.82, 2.24) is 0 Å². The second kappa shape index (κ2) is 12.6. The fourth-order valence-electron chi connectivity index (χ4n) is 8.25. The lowest BCUT2D eigenvalue weighted by molar-refractivity contribution is 0.631. The Morgan fingerprint density at radius 2 is 0.945 bits per heavy atom. The van der Waals surface area contributed by atoms with Crippen LogP contribution in [-0.2, 0) is 0 Å². The second-order valence-corrected chi connectivity index (χ2v) is 14.1. The lowest BCUT2D eigenvalue weighted by atomic mass is 9.91. The van der Waals surface area contributed by atoms with Crippen molar-refractivity contribution in [2.75, 3.05) is 4.90 Å². The molecule has 2 heterocycles. The first-order chi connectivity index (χ1) is 27.3. The van der Waals surface area contributed by atoms with Crippen molar-refractivity contribution in [2.24, 2.45) is 0 Å². The van der Waals surface area contributed by atoms with E-state index in [1.165, 1.54) is 33.0 Å². The van der Waals surface area contributed by atoms with Gasteiger partial charge in [0.2, 0.25) is 0 Å². The third kappa shape index (κ3) is 5.20. The van der Waals surface area contributed by atoms with Crippen molar-refractivity contribution in [2.45, 2.75) is 0 Å². The Morgan fingerprint density at radius 1 is 0.327 bits per heavy atom. The minimum atomic E-state index is 0.831. The molecule has 0 amide bonds. The average molecular weight is 704 g/mol. The van der Waals surface area contributed by atoms with E-state index in [2.05, 4.69) is 187 Å². The van der Waals surface area contributed by atoms with Gasteiger partial charge in [-0.3, -0.25) is 0 Å². The molecular formula is C52H33NO2. The van der Waals surface area contributed by atoms with E-state index in [1.807, 2.05) is 18.2 Å². The van der Waals surface area contributed by atoms with Crippen LogP contribution >= 0.6 is 0 Å². The molecule has 0 saturated heterocycles. The standard InChI is InChI=1S/C52H33NO2/c1-3-13-34(14-4-1)35-23-26-39(27-24-35)53(38-16-5-2-6-17-38)48-30-29-42(40-18-8-10-20-43(40)48)46-33-47-44-28-25-37(50-31-36-15-7-12-22-49(36)54-50)32-51(44)55-52(47)45-21-11-9-19-41(45)46/h1-33H. The van der Waals surface area contributed by atoms with Crippen LogP contribution < -0.4 is 4.90 Å². The van der Waals surface area contributed by atoms with Crippen LogP contribution in [0.5, 0.6) is 0 Å². The summed E-state index contributed by atoms with van der Waals surface area (Å²) >= 11 is 0. The molecular weight excluding hydrogens is 671 g/mol. The van der Waals surface area contributed by atoms with Crippen molar-refractivity contribution in [3.63, 3.8) is 0 Å². The molecule has 0 aliphatic rings. The molecule has 0 bridgehead atoms. The largest absolute Gasteiger partial charge is 0.456 e. The SMILES string of the molecule is c1ccc(-c2ccc(N(c3ccccc3)c3ccc(-c4cc5c6ccc(-c7cc8ccccc8o7)cc6oc5c5ccccc45)c4ccccc34)cc2)cc1. The highest BCUT2D eigenvalue weighted by Gasteiger charge is 2.21. The third-order valence-electron chi connectivity index (χ3n) is 10.9. The van der Waals surface area contributed by atoms with Gasteiger partial charge < -0.3 is 13.7 Å². The van der Waals surface area contributed by atoms with Gasteiger partial charge in [0.25, 0.3) is 0 Å². The van der Waals surface area contributed by atoms with E-state index in [9.17, 15) is 0 Å². The van der Waals surface area contributed by atoms with Crippen LogP contribution in [0.4, 0.5) is 17.1 Å². The summed E-state index contributed by atoms with van der Waals surface area (Å²) in [5.74, 6) is 0.831. The van der Waals surface area contributed by atoms with Gasteiger partial charge in [0.15, 0.2) is 0 Å². The highest BCUT2D eigenvalue weighted by molar-refractivity contribution is 6.21. The lowest BCUT2D eigenvalue weighted by Gasteiger charge is -2.27. The van der Waals surface area contributed by atoms with E-state index < -0.39 is 0 Å². The van der Waals surface area contributed by atoms with Gasteiger partial charge in [-0.25, -0.2) is 0 Å². The molecule has 0 N–H and O–H groups in total. The number of rotatable bonds is 6. The van der Waals surface area contributed by atoms with Crippen molar-refractivity contribution >= 4 is 71.5 Å². The normalized spacial score (nSPS) is 11.6. The van der Waals surface area contributed by atoms with Gasteiger partial charge in [-0.15, -0.1) is 0 Å². The molecule has 3 nitrogen and oxygen atoms in total. The maximum atomic E-state index is 6.72. The molecule has 0 aliphatic heterocycles. The molecule has 11 rings (SSSR count). The number of hydrogen-bond acceptors (Lipinski definition) is 3. The number of anilines is 3. The van der Waals surface area contributed by atoms with Crippen molar-refractivity contribution in [3.8, 4) is 33.6 Å². The zero-order valence-corrected chi connectivity index (χ0v) is 29.8. The molecule has 11 aromatic rings. The minimum absolute atomic E-state index is 0.831. The number of benzene rings is 9. The maximum Gasteiger partial charge on any atom is 0.143 e. The Balaban J connectivity index is 1.08. The van der Waals surface area contributed by atoms with Crippen molar-refractivity contribution in [3.05, 3.63) is 200 Å². The Hall–Kier alpha value is -7.36. The zero-order chi connectivity index (χ0) is 36.3. The van der Waals surface area contributed by atoms with E-state index in [-0.39, 0.29) is 0 Å². The lowest BCUT2D eigenvalue weighted by Crippen LogP contribution is -2.10. The van der Waals surface area contributed by atoms with Crippen molar-refractivity contribution in [1.29, 1.82) is 0 Å². The van der Waals surface area contributed by atoms with Gasteiger partial charge in [-0.2, -0.15) is 0 Å². The molecule has 0 saturated carbocycles. The molecule has 55 heavy (non-hydrogen) atoms. The molecule has 0 unspecified atom stereocenters. The Kier molecular flexibility index (Phi) is 7.17. The van der Waals surface area contributed by atoms with Gasteiger partial charge in [-0.1, -0.05) is 140 Å². The molecule has 9 aromatic carbocycles. The average Bonchev–Trinajstić information content (AvgIpc) is 3.86. The molecule has 0 spiro atoms. The van der Waals surface area contributed by atoms with E-state index in [0.29, 0.717) is 0 Å². The molecule has 0 atom stereocenters. The Labute approximate surface area is 317 Å². The second-order valence-electron chi connectivity index (χ2n) is 14.1. The van der Waals surface area contributed by atoms with Crippen LogP contribution in [0.15, 0.2) is 209 Å². The fourth-order valence-corrected chi connectivity index (χ4v) is 8.25. The molecule has 2 aromatic heterocycles. The zero-order valence-electron chi connectivity index (χ0n) is 29.8. The van der Waals surface area contributed by atoms with E-state index in [4.69, 9.17) is 8.83 Å². The predicted octanol–water partition coefficient (Wildman–Crippen LogP) is 15.1. The molecule has 0 fully saturated rings. The first kappa shape index (κ1) is 31.2. The van der Waals surface area contributed by atoms with Crippen LogP contribution in [0.1, 0.15) is 0 Å². The fraction of sp³-hybridized carbons (Fsp3) is 0. The van der Waals surface area contributed by atoms with Crippen LogP contribution in [0.25, 0.3) is 88.0 Å². The molecule has 0 radical (unpaired) electrons. The van der Waals surface area contributed by atoms with Gasteiger partial charge in [-0.05, 0) is 93.7 Å². The summed E-state index contributed by atoms with van der Waals surface area (Å²) in [7, 11) is 0. The van der Waals surface area contributed by atoms with E-state index in [0.717, 1.165) is 72.1 Å². The first-order valence-corrected chi connectivity index (χ1v) is 18.7. The summed E-state index contributed by atoms with van der Waals surface area (Å²) in [6.07, 6.45) is 0. The number of nitrogens with zero attached hydrogens (tertiary/aromatic N) is 1. The summed E-state index contributed by atoms with van der Waals surface area (Å²) in [5.41, 5.74) is 11.7. The van der Waals surface area contributed by atoms with Gasteiger partial charge in [0, 0.05) is 43.9 Å². The monoisotopic (exact) mass is 703 g/mol. The first-order valence-electron chi connectivity index (χ1n) is 18.7.